The van der Waals surface area contributed by atoms with Gasteiger partial charge in [0.2, 0.25) is 0 Å². The quantitative estimate of drug-likeness (QED) is 0.606. The first-order valence-corrected chi connectivity index (χ1v) is 14.9. The third-order valence-electron chi connectivity index (χ3n) is 9.78. The van der Waals surface area contributed by atoms with E-state index in [1.165, 1.54) is 32.1 Å². The van der Waals surface area contributed by atoms with Gasteiger partial charge in [-0.05, 0) is 49.3 Å². The van der Waals surface area contributed by atoms with E-state index in [-0.39, 0.29) is 37.3 Å². The van der Waals surface area contributed by atoms with Crippen molar-refractivity contribution in [3.63, 3.8) is 0 Å². The van der Waals surface area contributed by atoms with Gasteiger partial charge in [0.15, 0.2) is 5.60 Å². The van der Waals surface area contributed by atoms with E-state index >= 15 is 0 Å². The van der Waals surface area contributed by atoms with Crippen LogP contribution >= 0.6 is 0 Å². The van der Waals surface area contributed by atoms with Crippen molar-refractivity contribution in [3.05, 3.63) is 35.4 Å². The van der Waals surface area contributed by atoms with E-state index in [0.29, 0.717) is 50.5 Å². The van der Waals surface area contributed by atoms with E-state index in [1.807, 2.05) is 24.3 Å². The van der Waals surface area contributed by atoms with Crippen LogP contribution in [0.15, 0.2) is 24.3 Å². The number of aliphatic hydroxyl groups is 1. The fourth-order valence-corrected chi connectivity index (χ4v) is 7.44. The van der Waals surface area contributed by atoms with Crippen LogP contribution in [0.1, 0.15) is 86.4 Å². The first kappa shape index (κ1) is 27.1. The molecule has 5 aliphatic rings. The van der Waals surface area contributed by atoms with E-state index < -0.39 is 17.4 Å². The number of hydrogen-bond donors (Lipinski definition) is 2. The van der Waals surface area contributed by atoms with Crippen molar-refractivity contribution in [2.75, 3.05) is 39.4 Å². The Kier molecular flexibility index (Phi) is 7.70. The summed E-state index contributed by atoms with van der Waals surface area (Å²) < 4.78 is 26.6. The smallest absolute Gasteiger partial charge is 0.259 e. The fraction of sp³-hybridized carbons (Fsp3) is 0.733. The van der Waals surface area contributed by atoms with Gasteiger partial charge in [-0.25, -0.2) is 4.39 Å². The molecule has 214 valence electrons. The standard InChI is InChI=1S/C30H42FN3O5/c31-24-12-13-25-30(18-24,23-6-4-2-1-3-5-7-23)39-26(32-25)21-8-10-22(11-9-21)27(35)33-14-16-34(17-15-33)28(36)29(37)19-38-20-29/h8-11,23-26,32,37H,1-7,12-20H2. The van der Waals surface area contributed by atoms with Gasteiger partial charge >= 0.3 is 0 Å². The van der Waals surface area contributed by atoms with Gasteiger partial charge in [-0.2, -0.15) is 0 Å². The average molecular weight is 544 g/mol. The summed E-state index contributed by atoms with van der Waals surface area (Å²) in [5.74, 6) is -0.00607. The molecule has 2 saturated carbocycles. The Balaban J connectivity index is 1.10. The zero-order valence-electron chi connectivity index (χ0n) is 22.8. The molecule has 0 radical (unpaired) electrons. The van der Waals surface area contributed by atoms with Crippen molar-refractivity contribution in [2.24, 2.45) is 5.92 Å². The molecule has 0 aromatic heterocycles. The van der Waals surface area contributed by atoms with Crippen molar-refractivity contribution in [2.45, 2.75) is 93.9 Å². The number of ether oxygens (including phenoxy) is 2. The van der Waals surface area contributed by atoms with Gasteiger partial charge in [-0.3, -0.25) is 14.9 Å². The lowest BCUT2D eigenvalue weighted by Crippen LogP contribution is -2.64. The van der Waals surface area contributed by atoms with Gasteiger partial charge < -0.3 is 24.4 Å². The summed E-state index contributed by atoms with van der Waals surface area (Å²) in [6, 6.07) is 7.75. The number of rotatable bonds is 4. The Hall–Kier alpha value is -2.07. The molecule has 1 aromatic rings. The normalized spacial score (nSPS) is 33.5. The monoisotopic (exact) mass is 543 g/mol. The summed E-state index contributed by atoms with van der Waals surface area (Å²) in [6.07, 6.45) is 9.15. The Morgan fingerprint density at radius 3 is 2.18 bits per heavy atom. The van der Waals surface area contributed by atoms with Gasteiger partial charge in [-0.15, -0.1) is 0 Å². The lowest BCUT2D eigenvalue weighted by Gasteiger charge is -2.45. The van der Waals surface area contributed by atoms with Crippen LogP contribution in [0, 0.1) is 5.92 Å². The van der Waals surface area contributed by atoms with Gasteiger partial charge in [0.05, 0.1) is 18.8 Å². The summed E-state index contributed by atoms with van der Waals surface area (Å²) in [6.45, 7) is 1.70. The van der Waals surface area contributed by atoms with E-state index in [4.69, 9.17) is 9.47 Å². The number of carbonyl (C=O) groups excluding carboxylic acids is 2. The summed E-state index contributed by atoms with van der Waals surface area (Å²) in [5.41, 5.74) is -0.300. The summed E-state index contributed by atoms with van der Waals surface area (Å²) in [7, 11) is 0. The highest BCUT2D eigenvalue weighted by atomic mass is 19.1. The molecule has 1 aromatic carbocycles. The highest BCUT2D eigenvalue weighted by Gasteiger charge is 2.56. The van der Waals surface area contributed by atoms with Crippen molar-refractivity contribution < 1.29 is 28.6 Å². The Labute approximate surface area is 230 Å². The molecule has 3 saturated heterocycles. The number of nitrogens with zero attached hydrogens (tertiary/aromatic N) is 2. The Bertz CT molecular complexity index is 1030. The molecule has 4 unspecified atom stereocenters. The van der Waals surface area contributed by atoms with Crippen LogP contribution < -0.4 is 5.32 Å². The lowest BCUT2D eigenvalue weighted by atomic mass is 9.68. The number of nitrogens with one attached hydrogen (secondary N) is 1. The van der Waals surface area contributed by atoms with E-state index in [9.17, 15) is 19.1 Å². The molecule has 2 amide bonds. The highest BCUT2D eigenvalue weighted by Crippen LogP contribution is 2.50. The number of fused-ring (bicyclic) bond motifs is 1. The number of piperazine rings is 1. The van der Waals surface area contributed by atoms with Crippen LogP contribution in [0.4, 0.5) is 4.39 Å². The molecule has 5 fully saturated rings. The molecule has 2 N–H and O–H groups in total. The SMILES string of the molecule is O=C(c1ccc(C2NC3CCC(F)CC3(C3CCCCCCC3)O2)cc1)N1CCN(C(=O)C2(O)COC2)CC1. The van der Waals surface area contributed by atoms with Crippen LogP contribution in [0.5, 0.6) is 0 Å². The molecule has 0 spiro atoms. The fourth-order valence-electron chi connectivity index (χ4n) is 7.44. The van der Waals surface area contributed by atoms with Gasteiger partial charge in [0.1, 0.15) is 12.4 Å². The van der Waals surface area contributed by atoms with Crippen molar-refractivity contribution in [1.29, 1.82) is 0 Å². The maximum Gasteiger partial charge on any atom is 0.259 e. The minimum absolute atomic E-state index is 0.0355. The van der Waals surface area contributed by atoms with Crippen molar-refractivity contribution in [1.82, 2.24) is 15.1 Å². The first-order valence-electron chi connectivity index (χ1n) is 14.9. The van der Waals surface area contributed by atoms with Crippen LogP contribution in [0.2, 0.25) is 0 Å². The topological polar surface area (TPSA) is 91.3 Å². The van der Waals surface area contributed by atoms with Crippen LogP contribution in [0.3, 0.4) is 0 Å². The minimum Gasteiger partial charge on any atom is -0.376 e. The summed E-state index contributed by atoms with van der Waals surface area (Å²) >= 11 is 0. The van der Waals surface area contributed by atoms with Crippen molar-refractivity contribution in [3.8, 4) is 0 Å². The molecule has 9 heteroatoms. The summed E-state index contributed by atoms with van der Waals surface area (Å²) in [4.78, 5) is 29.1. The number of hydrogen-bond acceptors (Lipinski definition) is 6. The average Bonchev–Trinajstić information content (AvgIpc) is 3.30. The van der Waals surface area contributed by atoms with E-state index in [2.05, 4.69) is 5.32 Å². The summed E-state index contributed by atoms with van der Waals surface area (Å²) in [5, 5.41) is 14.0. The Morgan fingerprint density at radius 1 is 0.897 bits per heavy atom. The van der Waals surface area contributed by atoms with E-state index in [1.54, 1.807) is 9.80 Å². The van der Waals surface area contributed by atoms with E-state index in [0.717, 1.165) is 24.8 Å². The second-order valence-corrected chi connectivity index (χ2v) is 12.3. The molecule has 3 heterocycles. The molecule has 39 heavy (non-hydrogen) atoms. The molecule has 4 atom stereocenters. The molecule has 6 rings (SSSR count). The maximum absolute atomic E-state index is 14.8. The maximum atomic E-state index is 14.8. The number of carbonyl (C=O) groups is 2. The Morgan fingerprint density at radius 2 is 1.54 bits per heavy atom. The second-order valence-electron chi connectivity index (χ2n) is 12.3. The molecule has 0 bridgehead atoms. The molecule has 2 aliphatic carbocycles. The molecule has 8 nitrogen and oxygen atoms in total. The second kappa shape index (κ2) is 11.1. The highest BCUT2D eigenvalue weighted by molar-refractivity contribution is 5.94. The predicted molar refractivity (Wildman–Crippen MR) is 143 cm³/mol. The molecular formula is C30H42FN3O5. The minimum atomic E-state index is -1.41. The first-order chi connectivity index (χ1) is 18.9. The van der Waals surface area contributed by atoms with Crippen LogP contribution in [-0.2, 0) is 14.3 Å². The van der Waals surface area contributed by atoms with Gasteiger partial charge in [-0.1, -0.05) is 44.2 Å². The lowest BCUT2D eigenvalue weighted by molar-refractivity contribution is -0.201. The number of benzene rings is 1. The molecule has 3 aliphatic heterocycles. The third-order valence-corrected chi connectivity index (χ3v) is 9.78. The largest absolute Gasteiger partial charge is 0.376 e. The van der Waals surface area contributed by atoms with Crippen LogP contribution in [-0.4, -0.2) is 89.5 Å². The number of alkyl halides is 1. The number of halogens is 1. The number of amides is 2. The van der Waals surface area contributed by atoms with Gasteiger partial charge in [0, 0.05) is 44.2 Å². The predicted octanol–water partition coefficient (Wildman–Crippen LogP) is 3.34. The van der Waals surface area contributed by atoms with Crippen molar-refractivity contribution >= 4 is 11.8 Å². The molecular weight excluding hydrogens is 501 g/mol. The van der Waals surface area contributed by atoms with Crippen LogP contribution in [0.25, 0.3) is 0 Å². The van der Waals surface area contributed by atoms with Gasteiger partial charge in [0.25, 0.3) is 11.8 Å². The zero-order valence-corrected chi connectivity index (χ0v) is 22.8. The zero-order chi connectivity index (χ0) is 27.0. The third kappa shape index (κ3) is 5.23.